The molecule has 3 aromatic carbocycles. The van der Waals surface area contributed by atoms with E-state index in [0.29, 0.717) is 0 Å². The third-order valence-corrected chi connectivity index (χ3v) is 3.96. The molecule has 0 aliphatic heterocycles. The van der Waals surface area contributed by atoms with Gasteiger partial charge in [-0.05, 0) is 29.8 Å². The molecule has 0 saturated carbocycles. The van der Waals surface area contributed by atoms with Gasteiger partial charge in [0.15, 0.2) is 0 Å². The molecule has 1 N–H and O–H groups in total. The minimum absolute atomic E-state index is 0.0729. The van der Waals surface area contributed by atoms with Crippen molar-refractivity contribution < 1.29 is 9.85 Å². The number of nitrogens with one attached hydrogen (secondary N) is 1. The maximum absolute atomic E-state index is 11.3. The first kappa shape index (κ1) is 17.1. The van der Waals surface area contributed by atoms with Crippen LogP contribution in [0.3, 0.4) is 0 Å². The molecule has 3 aromatic rings. The van der Waals surface area contributed by atoms with Crippen molar-refractivity contribution in [3.8, 4) is 0 Å². The summed E-state index contributed by atoms with van der Waals surface area (Å²) >= 11 is 0. The van der Waals surface area contributed by atoms with Crippen molar-refractivity contribution in [1.82, 2.24) is 0 Å². The monoisotopic (exact) mass is 349 g/mol. The molecule has 0 unspecified atom stereocenters. The highest BCUT2D eigenvalue weighted by atomic mass is 16.6. The predicted octanol–water partition coefficient (Wildman–Crippen LogP) is 4.84. The Morgan fingerprint density at radius 3 is 1.92 bits per heavy atom. The lowest BCUT2D eigenvalue weighted by atomic mass is 10.00. The highest BCUT2D eigenvalue weighted by Gasteiger charge is 2.25. The summed E-state index contributed by atoms with van der Waals surface area (Å²) in [5, 5.41) is 25.9. The third-order valence-electron chi connectivity index (χ3n) is 3.96. The van der Waals surface area contributed by atoms with E-state index < -0.39 is 9.85 Å². The van der Waals surface area contributed by atoms with Crippen LogP contribution in [0.25, 0.3) is 0 Å². The van der Waals surface area contributed by atoms with Gasteiger partial charge in [-0.1, -0.05) is 36.4 Å². The normalized spacial score (nSPS) is 10.3. The first-order valence-electron chi connectivity index (χ1n) is 7.87. The lowest BCUT2D eigenvalue weighted by molar-refractivity contribution is -0.395. The maximum atomic E-state index is 11.3. The van der Waals surface area contributed by atoms with Crippen molar-refractivity contribution in [2.75, 3.05) is 5.32 Å². The quantitative estimate of drug-likeness (QED) is 0.507. The molecule has 0 heterocycles. The van der Waals surface area contributed by atoms with Crippen LogP contribution in [0.5, 0.6) is 0 Å². The van der Waals surface area contributed by atoms with Crippen LogP contribution in [0.4, 0.5) is 22.7 Å². The smallest absolute Gasteiger partial charge is 0.279 e. The third kappa shape index (κ3) is 3.67. The molecule has 7 heteroatoms. The van der Waals surface area contributed by atoms with Crippen LogP contribution >= 0.6 is 0 Å². The molecule has 0 radical (unpaired) electrons. The molecule has 130 valence electrons. The predicted molar refractivity (Wildman–Crippen MR) is 98.7 cm³/mol. The number of benzene rings is 3. The number of nitro benzene ring substituents is 2. The summed E-state index contributed by atoms with van der Waals surface area (Å²) in [6.07, 6.45) is 0.0729. The zero-order chi connectivity index (χ0) is 18.5. The Labute approximate surface area is 149 Å². The largest absolute Gasteiger partial charge is 0.355 e. The van der Waals surface area contributed by atoms with Crippen molar-refractivity contribution in [3.63, 3.8) is 0 Å². The summed E-state index contributed by atoms with van der Waals surface area (Å²) in [7, 11) is 0. The second-order valence-electron chi connectivity index (χ2n) is 5.61. The van der Waals surface area contributed by atoms with Gasteiger partial charge in [0.1, 0.15) is 5.56 Å². The Balaban J connectivity index is 2.03. The fourth-order valence-electron chi connectivity index (χ4n) is 2.75. The highest BCUT2D eigenvalue weighted by molar-refractivity contribution is 5.65. The van der Waals surface area contributed by atoms with Gasteiger partial charge in [-0.3, -0.25) is 20.2 Å². The van der Waals surface area contributed by atoms with E-state index in [0.717, 1.165) is 16.9 Å². The molecule has 0 atom stereocenters. The Bertz CT molecular complexity index is 926. The number of hydrogen-bond acceptors (Lipinski definition) is 5. The second-order valence-corrected chi connectivity index (χ2v) is 5.61. The highest BCUT2D eigenvalue weighted by Crippen LogP contribution is 2.32. The molecule has 0 aliphatic carbocycles. The molecule has 0 saturated heterocycles. The number of anilines is 2. The number of rotatable bonds is 6. The van der Waals surface area contributed by atoms with Crippen LogP contribution in [0.1, 0.15) is 11.1 Å². The zero-order valence-electron chi connectivity index (χ0n) is 13.7. The average molecular weight is 349 g/mol. The van der Waals surface area contributed by atoms with Gasteiger partial charge in [-0.25, -0.2) is 0 Å². The Morgan fingerprint density at radius 2 is 1.31 bits per heavy atom. The molecule has 26 heavy (non-hydrogen) atoms. The van der Waals surface area contributed by atoms with Crippen LogP contribution in [-0.4, -0.2) is 9.85 Å². The average Bonchev–Trinajstić information content (AvgIpc) is 2.64. The van der Waals surface area contributed by atoms with Crippen LogP contribution in [0, 0.1) is 20.2 Å². The van der Waals surface area contributed by atoms with Crippen molar-refractivity contribution in [1.29, 1.82) is 0 Å². The van der Waals surface area contributed by atoms with E-state index >= 15 is 0 Å². The molecule has 0 amide bonds. The van der Waals surface area contributed by atoms with Gasteiger partial charge in [-0.15, -0.1) is 0 Å². The van der Waals surface area contributed by atoms with Gasteiger partial charge in [0, 0.05) is 29.9 Å². The molecular formula is C19H15N3O4. The molecule has 7 nitrogen and oxygen atoms in total. The zero-order valence-corrected chi connectivity index (χ0v) is 13.7. The SMILES string of the molecule is O=[N+]([O-])c1cccc([N+](=O)[O-])c1Cc1ccccc1Nc1ccccc1. The number of para-hydroxylation sites is 2. The van der Waals surface area contributed by atoms with Crippen LogP contribution in [0.2, 0.25) is 0 Å². The topological polar surface area (TPSA) is 98.3 Å². The summed E-state index contributed by atoms with van der Waals surface area (Å²) in [6, 6.07) is 20.6. The van der Waals surface area contributed by atoms with Crippen molar-refractivity contribution in [2.45, 2.75) is 6.42 Å². The van der Waals surface area contributed by atoms with Crippen molar-refractivity contribution in [2.24, 2.45) is 0 Å². The molecule has 0 aliphatic rings. The Hall–Kier alpha value is -3.74. The number of nitrogens with zero attached hydrogens (tertiary/aromatic N) is 2. The summed E-state index contributed by atoms with van der Waals surface area (Å²) in [4.78, 5) is 21.5. The van der Waals surface area contributed by atoms with Crippen LogP contribution in [-0.2, 0) is 6.42 Å². The van der Waals surface area contributed by atoms with Gasteiger partial charge in [0.05, 0.1) is 9.85 Å². The summed E-state index contributed by atoms with van der Waals surface area (Å²) < 4.78 is 0. The lowest BCUT2D eigenvalue weighted by Crippen LogP contribution is -2.03. The summed E-state index contributed by atoms with van der Waals surface area (Å²) in [6.45, 7) is 0. The summed E-state index contributed by atoms with van der Waals surface area (Å²) in [5.74, 6) is 0. The fraction of sp³-hybridized carbons (Fsp3) is 0.0526. The molecule has 3 rings (SSSR count). The van der Waals surface area contributed by atoms with E-state index in [-0.39, 0.29) is 23.4 Å². The standard InChI is InChI=1S/C19H15N3O4/c23-21(24)18-11-6-12-19(22(25)26)16(18)13-14-7-4-5-10-17(14)20-15-8-2-1-3-9-15/h1-12,20H,13H2. The Morgan fingerprint density at radius 1 is 0.731 bits per heavy atom. The van der Waals surface area contributed by atoms with Crippen molar-refractivity contribution in [3.05, 3.63) is 104 Å². The number of hydrogen-bond donors (Lipinski definition) is 1. The first-order chi connectivity index (χ1) is 12.6. The van der Waals surface area contributed by atoms with Crippen molar-refractivity contribution >= 4 is 22.7 Å². The minimum Gasteiger partial charge on any atom is -0.355 e. The number of nitro groups is 2. The lowest BCUT2D eigenvalue weighted by Gasteiger charge is -2.12. The minimum atomic E-state index is -0.588. The fourth-order valence-corrected chi connectivity index (χ4v) is 2.75. The van der Waals surface area contributed by atoms with Gasteiger partial charge in [0.25, 0.3) is 11.4 Å². The van der Waals surface area contributed by atoms with E-state index in [2.05, 4.69) is 5.32 Å². The van der Waals surface area contributed by atoms with E-state index in [9.17, 15) is 20.2 Å². The molecule has 0 bridgehead atoms. The van der Waals surface area contributed by atoms with Crippen LogP contribution < -0.4 is 5.32 Å². The Kier molecular flexibility index (Phi) is 4.89. The van der Waals surface area contributed by atoms with E-state index in [4.69, 9.17) is 0 Å². The molecule has 0 spiro atoms. The summed E-state index contributed by atoms with van der Waals surface area (Å²) in [5.41, 5.74) is 1.91. The van der Waals surface area contributed by atoms with Gasteiger partial charge < -0.3 is 5.32 Å². The molecular weight excluding hydrogens is 334 g/mol. The van der Waals surface area contributed by atoms with Gasteiger partial charge in [-0.2, -0.15) is 0 Å². The van der Waals surface area contributed by atoms with E-state index in [1.54, 1.807) is 12.1 Å². The van der Waals surface area contributed by atoms with E-state index in [1.165, 1.54) is 18.2 Å². The molecule has 0 aromatic heterocycles. The van der Waals surface area contributed by atoms with Gasteiger partial charge >= 0.3 is 0 Å². The second kappa shape index (κ2) is 7.43. The maximum Gasteiger partial charge on any atom is 0.279 e. The van der Waals surface area contributed by atoms with Gasteiger partial charge in [0.2, 0.25) is 0 Å². The van der Waals surface area contributed by atoms with Crippen LogP contribution in [0.15, 0.2) is 72.8 Å². The van der Waals surface area contributed by atoms with E-state index in [1.807, 2.05) is 42.5 Å². The first-order valence-corrected chi connectivity index (χ1v) is 7.87. The molecule has 0 fully saturated rings.